The van der Waals surface area contributed by atoms with Crippen LogP contribution in [0.25, 0.3) is 0 Å². The van der Waals surface area contributed by atoms with Crippen LogP contribution in [-0.2, 0) is 0 Å². The number of allylic oxidation sites excluding steroid dienone is 2. The van der Waals surface area contributed by atoms with E-state index < -0.39 is 0 Å². The molecule has 2 aliphatic carbocycles. The molecule has 1 aliphatic heterocycles. The van der Waals surface area contributed by atoms with Crippen LogP contribution in [0.2, 0.25) is 0 Å². The average molecular weight is 218 g/mol. The molecule has 3 aliphatic rings. The Morgan fingerprint density at radius 3 is 2.50 bits per heavy atom. The van der Waals surface area contributed by atoms with Crippen molar-refractivity contribution < 1.29 is 0 Å². The third-order valence-corrected chi connectivity index (χ3v) is 4.29. The van der Waals surface area contributed by atoms with Gasteiger partial charge in [0.25, 0.3) is 0 Å². The smallest absolute Gasteiger partial charge is 0.0494 e. The van der Waals surface area contributed by atoms with Gasteiger partial charge in [-0.3, -0.25) is 10.2 Å². The summed E-state index contributed by atoms with van der Waals surface area (Å²) in [6.07, 6.45) is 17.6. The van der Waals surface area contributed by atoms with E-state index in [-0.39, 0.29) is 0 Å². The largest absolute Gasteiger partial charge is 0.296 e. The minimum atomic E-state index is 0.563. The molecular weight excluding hydrogens is 196 g/mol. The lowest BCUT2D eigenvalue weighted by Gasteiger charge is -2.32. The van der Waals surface area contributed by atoms with Crippen LogP contribution in [0, 0.1) is 0 Å². The summed E-state index contributed by atoms with van der Waals surface area (Å²) in [6.45, 7) is 1.08. The van der Waals surface area contributed by atoms with Crippen LogP contribution >= 0.6 is 0 Å². The SMILES string of the molecule is C1=CC2NCN(C3CCCCCC3)C2C=C1. The molecule has 3 rings (SSSR count). The first-order valence-electron chi connectivity index (χ1n) is 6.79. The summed E-state index contributed by atoms with van der Waals surface area (Å²) in [5.74, 6) is 0. The fraction of sp³-hybridized carbons (Fsp3) is 0.714. The first kappa shape index (κ1) is 10.5. The minimum absolute atomic E-state index is 0.563. The molecule has 88 valence electrons. The highest BCUT2D eigenvalue weighted by atomic mass is 15.3. The van der Waals surface area contributed by atoms with Gasteiger partial charge in [0, 0.05) is 24.8 Å². The second kappa shape index (κ2) is 4.72. The van der Waals surface area contributed by atoms with Crippen molar-refractivity contribution in [2.45, 2.75) is 56.7 Å². The molecule has 1 N–H and O–H groups in total. The normalized spacial score (nSPS) is 36.2. The van der Waals surface area contributed by atoms with Gasteiger partial charge in [0.15, 0.2) is 0 Å². The van der Waals surface area contributed by atoms with Crippen LogP contribution in [0.3, 0.4) is 0 Å². The molecule has 0 bridgehead atoms. The van der Waals surface area contributed by atoms with Gasteiger partial charge in [0.05, 0.1) is 0 Å². The van der Waals surface area contributed by atoms with Gasteiger partial charge in [-0.2, -0.15) is 0 Å². The van der Waals surface area contributed by atoms with Crippen molar-refractivity contribution in [1.82, 2.24) is 10.2 Å². The lowest BCUT2D eigenvalue weighted by atomic mass is 10.00. The molecule has 1 saturated carbocycles. The van der Waals surface area contributed by atoms with Crippen molar-refractivity contribution in [1.29, 1.82) is 0 Å². The zero-order valence-corrected chi connectivity index (χ0v) is 9.94. The second-order valence-electron chi connectivity index (χ2n) is 5.31. The van der Waals surface area contributed by atoms with E-state index in [0.717, 1.165) is 12.7 Å². The Kier molecular flexibility index (Phi) is 3.11. The number of nitrogens with zero attached hydrogens (tertiary/aromatic N) is 1. The molecule has 0 aromatic carbocycles. The quantitative estimate of drug-likeness (QED) is 0.680. The Hall–Kier alpha value is -0.600. The van der Waals surface area contributed by atoms with Crippen LogP contribution in [0.5, 0.6) is 0 Å². The summed E-state index contributed by atoms with van der Waals surface area (Å²) < 4.78 is 0. The summed E-state index contributed by atoms with van der Waals surface area (Å²) in [4.78, 5) is 2.69. The van der Waals surface area contributed by atoms with Gasteiger partial charge in [-0.1, -0.05) is 50.0 Å². The Morgan fingerprint density at radius 2 is 1.69 bits per heavy atom. The zero-order chi connectivity index (χ0) is 10.8. The molecule has 1 saturated heterocycles. The monoisotopic (exact) mass is 218 g/mol. The Morgan fingerprint density at radius 1 is 0.938 bits per heavy atom. The van der Waals surface area contributed by atoms with E-state index in [1.165, 1.54) is 38.5 Å². The number of nitrogens with one attached hydrogen (secondary N) is 1. The molecule has 2 heteroatoms. The van der Waals surface area contributed by atoms with Crippen LogP contribution in [0.4, 0.5) is 0 Å². The predicted molar refractivity (Wildman–Crippen MR) is 67.2 cm³/mol. The van der Waals surface area contributed by atoms with Gasteiger partial charge in [-0.05, 0) is 12.8 Å². The van der Waals surface area contributed by atoms with E-state index in [0.29, 0.717) is 12.1 Å². The van der Waals surface area contributed by atoms with Gasteiger partial charge in [-0.25, -0.2) is 0 Å². The summed E-state index contributed by atoms with van der Waals surface area (Å²) in [5, 5.41) is 3.61. The van der Waals surface area contributed by atoms with E-state index in [2.05, 4.69) is 34.5 Å². The standard InChI is InChI=1S/C14H22N2/c1-2-4-8-12(7-3-1)16-11-15-13-9-5-6-10-14(13)16/h5-6,9-10,12-15H,1-4,7-8,11H2. The summed E-state index contributed by atoms with van der Waals surface area (Å²) in [6, 6.07) is 2.00. The van der Waals surface area contributed by atoms with Crippen LogP contribution in [0.15, 0.2) is 24.3 Å². The number of hydrogen-bond acceptors (Lipinski definition) is 2. The topological polar surface area (TPSA) is 15.3 Å². The maximum absolute atomic E-state index is 3.61. The van der Waals surface area contributed by atoms with Crippen molar-refractivity contribution in [2.24, 2.45) is 0 Å². The Bertz CT molecular complexity index is 287. The third-order valence-electron chi connectivity index (χ3n) is 4.29. The molecule has 0 spiro atoms. The van der Waals surface area contributed by atoms with Gasteiger partial charge in [0.2, 0.25) is 0 Å². The first-order chi connectivity index (χ1) is 7.95. The lowest BCUT2D eigenvalue weighted by Crippen LogP contribution is -2.41. The molecule has 2 nitrogen and oxygen atoms in total. The average Bonchev–Trinajstić information content (AvgIpc) is 2.57. The van der Waals surface area contributed by atoms with E-state index in [9.17, 15) is 0 Å². The second-order valence-corrected chi connectivity index (χ2v) is 5.31. The van der Waals surface area contributed by atoms with E-state index in [4.69, 9.17) is 0 Å². The highest BCUT2D eigenvalue weighted by Crippen LogP contribution is 2.28. The molecule has 16 heavy (non-hydrogen) atoms. The minimum Gasteiger partial charge on any atom is -0.296 e. The van der Waals surface area contributed by atoms with E-state index >= 15 is 0 Å². The lowest BCUT2D eigenvalue weighted by molar-refractivity contribution is 0.183. The molecule has 2 atom stereocenters. The van der Waals surface area contributed by atoms with Crippen molar-refractivity contribution in [2.75, 3.05) is 6.67 Å². The Labute approximate surface area is 98.4 Å². The van der Waals surface area contributed by atoms with Gasteiger partial charge in [0.1, 0.15) is 0 Å². The van der Waals surface area contributed by atoms with Crippen molar-refractivity contribution in [3.63, 3.8) is 0 Å². The molecule has 2 fully saturated rings. The van der Waals surface area contributed by atoms with Crippen molar-refractivity contribution in [3.8, 4) is 0 Å². The predicted octanol–water partition coefficient (Wildman–Crippen LogP) is 2.44. The Balaban J connectivity index is 1.70. The van der Waals surface area contributed by atoms with Crippen LogP contribution in [-0.4, -0.2) is 29.7 Å². The number of hydrogen-bond donors (Lipinski definition) is 1. The molecule has 0 amide bonds. The van der Waals surface area contributed by atoms with Crippen molar-refractivity contribution >= 4 is 0 Å². The molecule has 0 aromatic rings. The third kappa shape index (κ3) is 1.96. The molecule has 2 unspecified atom stereocenters. The fourth-order valence-electron chi connectivity index (χ4n) is 3.38. The highest BCUT2D eigenvalue weighted by molar-refractivity contribution is 5.22. The van der Waals surface area contributed by atoms with Crippen molar-refractivity contribution in [3.05, 3.63) is 24.3 Å². The van der Waals surface area contributed by atoms with E-state index in [1.807, 2.05) is 0 Å². The summed E-state index contributed by atoms with van der Waals surface area (Å²) in [7, 11) is 0. The highest BCUT2D eigenvalue weighted by Gasteiger charge is 2.35. The number of fused-ring (bicyclic) bond motifs is 1. The maximum atomic E-state index is 3.61. The maximum Gasteiger partial charge on any atom is 0.0494 e. The summed E-state index contributed by atoms with van der Waals surface area (Å²) >= 11 is 0. The summed E-state index contributed by atoms with van der Waals surface area (Å²) in [5.41, 5.74) is 0. The number of rotatable bonds is 1. The van der Waals surface area contributed by atoms with Crippen LogP contribution < -0.4 is 5.32 Å². The molecule has 0 radical (unpaired) electrons. The van der Waals surface area contributed by atoms with Crippen LogP contribution in [0.1, 0.15) is 38.5 Å². The first-order valence-corrected chi connectivity index (χ1v) is 6.79. The van der Waals surface area contributed by atoms with Gasteiger partial charge < -0.3 is 0 Å². The zero-order valence-electron chi connectivity index (χ0n) is 9.94. The molecular formula is C14H22N2. The molecule has 1 heterocycles. The van der Waals surface area contributed by atoms with Gasteiger partial charge in [-0.15, -0.1) is 0 Å². The van der Waals surface area contributed by atoms with Gasteiger partial charge >= 0.3 is 0 Å². The molecule has 0 aromatic heterocycles. The van der Waals surface area contributed by atoms with E-state index in [1.54, 1.807) is 0 Å². The fourth-order valence-corrected chi connectivity index (χ4v) is 3.38.